The van der Waals surface area contributed by atoms with Crippen LogP contribution < -0.4 is 10.6 Å². The van der Waals surface area contributed by atoms with E-state index in [1.54, 1.807) is 7.05 Å². The summed E-state index contributed by atoms with van der Waals surface area (Å²) in [6.45, 7) is 3.26. The van der Waals surface area contributed by atoms with Crippen LogP contribution in [0.4, 0.5) is 0 Å². The average molecular weight is 467 g/mol. The lowest BCUT2D eigenvalue weighted by molar-refractivity contribution is 0.117. The maximum Gasteiger partial charge on any atom is 0.190 e. The number of hydrogen-bond donors (Lipinski definition) is 2. The first-order valence-electron chi connectivity index (χ1n) is 8.98. The lowest BCUT2D eigenvalue weighted by atomic mass is 10.1. The summed E-state index contributed by atoms with van der Waals surface area (Å²) in [7, 11) is 1.81. The molecule has 0 saturated heterocycles. The number of hydrogen-bond acceptors (Lipinski definition) is 2. The molecule has 2 N–H and O–H groups in total. The van der Waals surface area contributed by atoms with Crippen molar-refractivity contribution in [2.75, 3.05) is 26.7 Å². The minimum atomic E-state index is 0. The molecule has 0 amide bonds. The lowest BCUT2D eigenvalue weighted by Gasteiger charge is -2.12. The molecule has 0 heterocycles. The summed E-state index contributed by atoms with van der Waals surface area (Å²) in [4.78, 5) is 4.26. The quantitative estimate of drug-likeness (QED) is 0.240. The van der Waals surface area contributed by atoms with Crippen molar-refractivity contribution in [3.63, 3.8) is 0 Å². The average Bonchev–Trinajstić information content (AvgIpc) is 2.67. The van der Waals surface area contributed by atoms with Crippen LogP contribution in [-0.4, -0.2) is 32.7 Å². The van der Waals surface area contributed by atoms with Crippen molar-refractivity contribution in [3.8, 4) is 0 Å². The zero-order valence-electron chi connectivity index (χ0n) is 15.5. The first-order chi connectivity index (χ1) is 12.4. The van der Waals surface area contributed by atoms with Crippen LogP contribution in [0.25, 0.3) is 0 Å². The largest absolute Gasteiger partial charge is 0.377 e. The van der Waals surface area contributed by atoms with Crippen LogP contribution in [0, 0.1) is 0 Å². The SMILES string of the molecule is CN=C(NCCCCOCc1ccccc1)NCCc1ccccc1.I. The number of ether oxygens (including phenoxy) is 1. The molecular weight excluding hydrogens is 437 g/mol. The molecule has 26 heavy (non-hydrogen) atoms. The summed E-state index contributed by atoms with van der Waals surface area (Å²) in [6, 6.07) is 20.8. The summed E-state index contributed by atoms with van der Waals surface area (Å²) in [5.41, 5.74) is 2.56. The van der Waals surface area contributed by atoms with Gasteiger partial charge in [-0.2, -0.15) is 0 Å². The number of benzene rings is 2. The highest BCUT2D eigenvalue weighted by molar-refractivity contribution is 14.0. The Balaban J connectivity index is 0.00000338. The minimum absolute atomic E-state index is 0. The fourth-order valence-electron chi connectivity index (χ4n) is 2.49. The van der Waals surface area contributed by atoms with E-state index in [0.29, 0.717) is 6.61 Å². The molecule has 2 aromatic carbocycles. The van der Waals surface area contributed by atoms with Gasteiger partial charge < -0.3 is 15.4 Å². The van der Waals surface area contributed by atoms with Crippen molar-refractivity contribution in [1.82, 2.24) is 10.6 Å². The van der Waals surface area contributed by atoms with E-state index in [1.807, 2.05) is 24.3 Å². The van der Waals surface area contributed by atoms with Crippen molar-refractivity contribution >= 4 is 29.9 Å². The number of rotatable bonds is 10. The van der Waals surface area contributed by atoms with Crippen LogP contribution in [0.3, 0.4) is 0 Å². The molecule has 0 fully saturated rings. The maximum atomic E-state index is 5.69. The monoisotopic (exact) mass is 467 g/mol. The molecule has 2 rings (SSSR count). The van der Waals surface area contributed by atoms with E-state index >= 15 is 0 Å². The lowest BCUT2D eigenvalue weighted by Crippen LogP contribution is -2.38. The van der Waals surface area contributed by atoms with Gasteiger partial charge in [0.05, 0.1) is 6.61 Å². The van der Waals surface area contributed by atoms with Crippen molar-refractivity contribution in [2.24, 2.45) is 4.99 Å². The predicted molar refractivity (Wildman–Crippen MR) is 120 cm³/mol. The predicted octanol–water partition coefficient (Wildman–Crippen LogP) is 4.01. The fourth-order valence-corrected chi connectivity index (χ4v) is 2.49. The van der Waals surface area contributed by atoms with Crippen molar-refractivity contribution in [3.05, 3.63) is 71.8 Å². The fraction of sp³-hybridized carbons (Fsp3) is 0.381. The standard InChI is InChI=1S/C21H29N3O.HI/c1-22-21(24-16-14-19-10-4-2-5-11-19)23-15-8-9-17-25-18-20-12-6-3-7-13-20;/h2-7,10-13H,8-9,14-18H2,1H3,(H2,22,23,24);1H. The minimum Gasteiger partial charge on any atom is -0.377 e. The number of guanidine groups is 1. The van der Waals surface area contributed by atoms with Crippen LogP contribution in [-0.2, 0) is 17.8 Å². The molecule has 0 unspecified atom stereocenters. The Bertz CT molecular complexity index is 605. The topological polar surface area (TPSA) is 45.7 Å². The van der Waals surface area contributed by atoms with Gasteiger partial charge in [-0.25, -0.2) is 0 Å². The summed E-state index contributed by atoms with van der Waals surface area (Å²) in [5, 5.41) is 6.70. The third-order valence-electron chi connectivity index (χ3n) is 3.89. The van der Waals surface area contributed by atoms with E-state index in [1.165, 1.54) is 11.1 Å². The highest BCUT2D eigenvalue weighted by atomic mass is 127. The molecule has 2 aromatic rings. The Morgan fingerprint density at radius 1 is 0.846 bits per heavy atom. The van der Waals surface area contributed by atoms with Gasteiger partial charge in [-0.05, 0) is 30.4 Å². The van der Waals surface area contributed by atoms with E-state index in [2.05, 4.69) is 52.0 Å². The molecule has 0 atom stereocenters. The third-order valence-corrected chi connectivity index (χ3v) is 3.89. The first kappa shape index (κ1) is 22.4. The number of aliphatic imine (C=N–C) groups is 1. The van der Waals surface area contributed by atoms with Gasteiger partial charge in [0, 0.05) is 26.7 Å². The summed E-state index contributed by atoms with van der Waals surface area (Å²) in [6.07, 6.45) is 3.10. The van der Waals surface area contributed by atoms with Gasteiger partial charge in [0.15, 0.2) is 5.96 Å². The molecular formula is C21H30IN3O. The molecule has 0 aliphatic rings. The van der Waals surface area contributed by atoms with Gasteiger partial charge in [-0.1, -0.05) is 60.7 Å². The highest BCUT2D eigenvalue weighted by Crippen LogP contribution is 2.01. The molecule has 0 spiro atoms. The molecule has 4 nitrogen and oxygen atoms in total. The van der Waals surface area contributed by atoms with Crippen molar-refractivity contribution in [2.45, 2.75) is 25.9 Å². The van der Waals surface area contributed by atoms with Gasteiger partial charge in [-0.15, -0.1) is 24.0 Å². The van der Waals surface area contributed by atoms with E-state index in [9.17, 15) is 0 Å². The second kappa shape index (κ2) is 14.6. The summed E-state index contributed by atoms with van der Waals surface area (Å²) in [5.74, 6) is 0.862. The smallest absolute Gasteiger partial charge is 0.190 e. The molecule has 0 aliphatic carbocycles. The van der Waals surface area contributed by atoms with E-state index in [0.717, 1.165) is 44.9 Å². The Labute approximate surface area is 174 Å². The molecule has 0 bridgehead atoms. The first-order valence-corrected chi connectivity index (χ1v) is 8.98. The van der Waals surface area contributed by atoms with Crippen LogP contribution in [0.2, 0.25) is 0 Å². The molecule has 0 aliphatic heterocycles. The van der Waals surface area contributed by atoms with Crippen LogP contribution in [0.15, 0.2) is 65.7 Å². The van der Waals surface area contributed by atoms with E-state index in [-0.39, 0.29) is 24.0 Å². The maximum absolute atomic E-state index is 5.69. The second-order valence-electron chi connectivity index (χ2n) is 5.91. The molecule has 0 aromatic heterocycles. The van der Waals surface area contributed by atoms with Crippen molar-refractivity contribution < 1.29 is 4.74 Å². The van der Waals surface area contributed by atoms with Crippen LogP contribution in [0.1, 0.15) is 24.0 Å². The number of nitrogens with one attached hydrogen (secondary N) is 2. The normalized spacial score (nSPS) is 10.9. The van der Waals surface area contributed by atoms with Crippen LogP contribution in [0.5, 0.6) is 0 Å². The zero-order valence-corrected chi connectivity index (χ0v) is 17.8. The number of nitrogens with zero attached hydrogens (tertiary/aromatic N) is 1. The number of halogens is 1. The molecule has 142 valence electrons. The molecule has 0 radical (unpaired) electrons. The second-order valence-corrected chi connectivity index (χ2v) is 5.91. The highest BCUT2D eigenvalue weighted by Gasteiger charge is 1.98. The van der Waals surface area contributed by atoms with Gasteiger partial charge in [0.1, 0.15) is 0 Å². The van der Waals surface area contributed by atoms with Gasteiger partial charge in [0.25, 0.3) is 0 Å². The van der Waals surface area contributed by atoms with E-state index < -0.39 is 0 Å². The van der Waals surface area contributed by atoms with Crippen LogP contribution >= 0.6 is 24.0 Å². The van der Waals surface area contributed by atoms with Gasteiger partial charge in [-0.3, -0.25) is 4.99 Å². The van der Waals surface area contributed by atoms with E-state index in [4.69, 9.17) is 4.74 Å². The Kier molecular flexibility index (Phi) is 12.6. The number of unbranched alkanes of at least 4 members (excludes halogenated alkanes) is 1. The van der Waals surface area contributed by atoms with Gasteiger partial charge >= 0.3 is 0 Å². The Morgan fingerprint density at radius 3 is 2.12 bits per heavy atom. The summed E-state index contributed by atoms with van der Waals surface area (Å²) < 4.78 is 5.69. The third kappa shape index (κ3) is 9.77. The molecule has 0 saturated carbocycles. The van der Waals surface area contributed by atoms with Crippen molar-refractivity contribution in [1.29, 1.82) is 0 Å². The summed E-state index contributed by atoms with van der Waals surface area (Å²) >= 11 is 0. The Morgan fingerprint density at radius 2 is 1.46 bits per heavy atom. The zero-order chi connectivity index (χ0) is 17.6. The molecule has 5 heteroatoms. The van der Waals surface area contributed by atoms with Gasteiger partial charge in [0.2, 0.25) is 0 Å². The Hall–Kier alpha value is -1.60.